The van der Waals surface area contributed by atoms with Crippen LogP contribution >= 0.6 is 0 Å². The Balaban J connectivity index is 1.55. The molecule has 7 nitrogen and oxygen atoms in total. The molecule has 1 aliphatic rings. The molecule has 0 aliphatic heterocycles. The van der Waals surface area contributed by atoms with Crippen LogP contribution in [0.25, 0.3) is 27.8 Å². The zero-order valence-corrected chi connectivity index (χ0v) is 20.4. The maximum absolute atomic E-state index is 13.1. The fraction of sp³-hybridized carbons (Fsp3) is 0.241. The molecule has 2 aromatic carbocycles. The summed E-state index contributed by atoms with van der Waals surface area (Å²) in [5.41, 5.74) is 3.40. The van der Waals surface area contributed by atoms with Gasteiger partial charge in [-0.05, 0) is 74.1 Å². The number of benzene rings is 2. The molecule has 1 aliphatic carbocycles. The number of amides is 1. The Morgan fingerprint density at radius 2 is 1.78 bits per heavy atom. The maximum Gasteiger partial charge on any atom is 0.307 e. The van der Waals surface area contributed by atoms with Gasteiger partial charge in [-0.3, -0.25) is 14.4 Å². The molecule has 0 saturated heterocycles. The largest absolute Gasteiger partial charge is 0.481 e. The highest BCUT2D eigenvalue weighted by Crippen LogP contribution is 2.47. The summed E-state index contributed by atoms with van der Waals surface area (Å²) in [5, 5.41) is 12.4. The van der Waals surface area contributed by atoms with Gasteiger partial charge in [-0.15, -0.1) is 0 Å². The molecule has 1 amide bonds. The van der Waals surface area contributed by atoms with Crippen molar-refractivity contribution in [2.24, 2.45) is 5.92 Å². The number of carboxylic acid groups (broad SMARTS) is 1. The lowest BCUT2D eigenvalue weighted by atomic mass is 10.0. The van der Waals surface area contributed by atoms with Gasteiger partial charge in [0.25, 0.3) is 5.91 Å². The predicted octanol–water partition coefficient (Wildman–Crippen LogP) is 4.77. The average molecular weight is 482 g/mol. The Hall–Kier alpha value is -4.26. The average Bonchev–Trinajstić information content (AvgIpc) is 3.65. The Bertz CT molecular complexity index is 1550. The van der Waals surface area contributed by atoms with Gasteiger partial charge in [-0.1, -0.05) is 36.4 Å². The van der Waals surface area contributed by atoms with Gasteiger partial charge in [0.15, 0.2) is 0 Å². The Morgan fingerprint density at radius 1 is 1.03 bits per heavy atom. The molecule has 0 bridgehead atoms. The van der Waals surface area contributed by atoms with Crippen molar-refractivity contribution in [3.8, 4) is 16.8 Å². The van der Waals surface area contributed by atoms with Crippen molar-refractivity contribution in [2.45, 2.75) is 38.6 Å². The summed E-state index contributed by atoms with van der Waals surface area (Å²) >= 11 is 0. The minimum absolute atomic E-state index is 0.0533. The summed E-state index contributed by atoms with van der Waals surface area (Å²) < 4.78 is 1.77. The van der Waals surface area contributed by atoms with Crippen LogP contribution in [0.3, 0.4) is 0 Å². The number of aromatic nitrogens is 2. The number of hydrogen-bond acceptors (Lipinski definition) is 4. The second kappa shape index (κ2) is 8.75. The quantitative estimate of drug-likeness (QED) is 0.428. The number of carbonyl (C=O) groups is 2. The fourth-order valence-corrected chi connectivity index (χ4v) is 4.52. The third kappa shape index (κ3) is 4.52. The van der Waals surface area contributed by atoms with E-state index in [2.05, 4.69) is 10.3 Å². The molecule has 36 heavy (non-hydrogen) atoms. The van der Waals surface area contributed by atoms with Crippen LogP contribution in [0.5, 0.6) is 0 Å². The number of aliphatic carboxylic acids is 1. The minimum atomic E-state index is -0.741. The fourth-order valence-electron chi connectivity index (χ4n) is 4.52. The molecule has 182 valence electrons. The minimum Gasteiger partial charge on any atom is -0.481 e. The molecule has 2 heterocycles. The van der Waals surface area contributed by atoms with Crippen LogP contribution in [-0.2, 0) is 4.79 Å². The Labute approximate surface area is 208 Å². The summed E-state index contributed by atoms with van der Waals surface area (Å²) in [4.78, 5) is 41.7. The van der Waals surface area contributed by atoms with E-state index in [0.29, 0.717) is 17.5 Å². The van der Waals surface area contributed by atoms with Gasteiger partial charge < -0.3 is 15.0 Å². The lowest BCUT2D eigenvalue weighted by molar-refractivity contribution is -0.138. The first-order chi connectivity index (χ1) is 17.1. The number of rotatable bonds is 5. The number of pyridine rings is 2. The Morgan fingerprint density at radius 3 is 2.44 bits per heavy atom. The molecule has 4 aromatic rings. The zero-order valence-electron chi connectivity index (χ0n) is 20.4. The first-order valence-electron chi connectivity index (χ1n) is 11.9. The first kappa shape index (κ1) is 23.5. The van der Waals surface area contributed by atoms with Crippen LogP contribution in [0.2, 0.25) is 0 Å². The smallest absolute Gasteiger partial charge is 0.307 e. The van der Waals surface area contributed by atoms with E-state index in [1.807, 2.05) is 69.3 Å². The molecule has 2 atom stereocenters. The summed E-state index contributed by atoms with van der Waals surface area (Å²) in [5.74, 6) is -1.38. The van der Waals surface area contributed by atoms with Gasteiger partial charge in [-0.2, -0.15) is 0 Å². The van der Waals surface area contributed by atoms with Crippen LogP contribution in [0.1, 0.15) is 49.0 Å². The maximum atomic E-state index is 13.1. The topological polar surface area (TPSA) is 101 Å². The summed E-state index contributed by atoms with van der Waals surface area (Å²) in [6.45, 7) is 5.60. The van der Waals surface area contributed by atoms with E-state index in [1.165, 1.54) is 0 Å². The van der Waals surface area contributed by atoms with E-state index in [4.69, 9.17) is 0 Å². The van der Waals surface area contributed by atoms with Gasteiger partial charge in [0.1, 0.15) is 11.2 Å². The van der Waals surface area contributed by atoms with Crippen LogP contribution in [-0.4, -0.2) is 32.1 Å². The molecule has 2 N–H and O–H groups in total. The van der Waals surface area contributed by atoms with E-state index in [1.54, 1.807) is 29.1 Å². The normalized spacial score (nSPS) is 17.1. The Kier molecular flexibility index (Phi) is 5.71. The van der Waals surface area contributed by atoms with Gasteiger partial charge in [0, 0.05) is 23.6 Å². The SMILES string of the molecule is CC(C)(C)NC(=O)c1cn(-c2cccc(-c3ccc([C@@H]4C[C@H]4C(=O)O)cc3)c2)c2ncccc2c1=O. The van der Waals surface area contributed by atoms with Gasteiger partial charge in [0.2, 0.25) is 5.43 Å². The molecule has 0 spiro atoms. The number of fused-ring (bicyclic) bond motifs is 1. The number of carboxylic acids is 1. The standard InChI is InChI=1S/C29H27N3O4/c1-29(2,3)31-27(34)24-16-32(26-21(25(24)33)8-5-13-30-26)20-7-4-6-19(14-20)17-9-11-18(12-10-17)22-15-23(22)28(35)36/h4-14,16,22-23H,15H2,1-3H3,(H,31,34)(H,35,36)/t22-,23+/m0/s1. The van der Waals surface area contributed by atoms with Crippen LogP contribution in [0.15, 0.2) is 77.9 Å². The molecule has 5 rings (SSSR count). The molecule has 7 heteroatoms. The number of hydrogen-bond donors (Lipinski definition) is 2. The van der Waals surface area contributed by atoms with Gasteiger partial charge in [-0.25, -0.2) is 4.98 Å². The number of nitrogens with one attached hydrogen (secondary N) is 1. The van der Waals surface area contributed by atoms with Crippen molar-refractivity contribution >= 4 is 22.9 Å². The summed E-state index contributed by atoms with van der Waals surface area (Å²) in [6.07, 6.45) is 3.86. The number of carbonyl (C=O) groups excluding carboxylic acids is 1. The van der Waals surface area contributed by atoms with E-state index >= 15 is 0 Å². The van der Waals surface area contributed by atoms with E-state index in [0.717, 1.165) is 22.4 Å². The highest BCUT2D eigenvalue weighted by Gasteiger charge is 2.44. The molecule has 0 radical (unpaired) electrons. The van der Waals surface area contributed by atoms with E-state index < -0.39 is 17.4 Å². The molecule has 2 aromatic heterocycles. The first-order valence-corrected chi connectivity index (χ1v) is 11.9. The summed E-state index contributed by atoms with van der Waals surface area (Å²) in [7, 11) is 0. The summed E-state index contributed by atoms with van der Waals surface area (Å²) in [6, 6.07) is 19.1. The monoisotopic (exact) mass is 481 g/mol. The van der Waals surface area contributed by atoms with E-state index in [9.17, 15) is 19.5 Å². The van der Waals surface area contributed by atoms with Crippen molar-refractivity contribution < 1.29 is 14.7 Å². The van der Waals surface area contributed by atoms with Crippen LogP contribution in [0, 0.1) is 5.92 Å². The molecular formula is C29H27N3O4. The lowest BCUT2D eigenvalue weighted by Crippen LogP contribution is -2.42. The molecular weight excluding hydrogens is 454 g/mol. The predicted molar refractivity (Wildman–Crippen MR) is 138 cm³/mol. The van der Waals surface area contributed by atoms with Crippen molar-refractivity contribution in [3.63, 3.8) is 0 Å². The van der Waals surface area contributed by atoms with Crippen molar-refractivity contribution in [1.29, 1.82) is 0 Å². The second-order valence-electron chi connectivity index (χ2n) is 10.3. The van der Waals surface area contributed by atoms with Crippen molar-refractivity contribution in [3.05, 3.63) is 94.4 Å². The van der Waals surface area contributed by atoms with Crippen LogP contribution < -0.4 is 10.7 Å². The van der Waals surface area contributed by atoms with Crippen LogP contribution in [0.4, 0.5) is 0 Å². The van der Waals surface area contributed by atoms with Crippen molar-refractivity contribution in [1.82, 2.24) is 14.9 Å². The van der Waals surface area contributed by atoms with Crippen molar-refractivity contribution in [2.75, 3.05) is 0 Å². The van der Waals surface area contributed by atoms with Gasteiger partial charge in [0.05, 0.1) is 11.3 Å². The second-order valence-corrected chi connectivity index (χ2v) is 10.3. The highest BCUT2D eigenvalue weighted by atomic mass is 16.4. The van der Waals surface area contributed by atoms with E-state index in [-0.39, 0.29) is 22.8 Å². The number of nitrogens with zero attached hydrogens (tertiary/aromatic N) is 2. The third-order valence-electron chi connectivity index (χ3n) is 6.40. The highest BCUT2D eigenvalue weighted by molar-refractivity contribution is 5.97. The molecule has 1 saturated carbocycles. The zero-order chi connectivity index (χ0) is 25.6. The molecule has 1 fully saturated rings. The lowest BCUT2D eigenvalue weighted by Gasteiger charge is -2.21. The molecule has 0 unspecified atom stereocenters. The van der Waals surface area contributed by atoms with Gasteiger partial charge >= 0.3 is 5.97 Å². The third-order valence-corrected chi connectivity index (χ3v) is 6.40.